The van der Waals surface area contributed by atoms with E-state index in [9.17, 15) is 9.59 Å². The van der Waals surface area contributed by atoms with Crippen molar-refractivity contribution in [3.05, 3.63) is 28.2 Å². The van der Waals surface area contributed by atoms with Gasteiger partial charge in [-0.2, -0.15) is 0 Å². The molecule has 1 saturated carbocycles. The van der Waals surface area contributed by atoms with E-state index in [0.717, 1.165) is 19.4 Å². The van der Waals surface area contributed by atoms with Crippen molar-refractivity contribution in [3.8, 4) is 0 Å². The number of benzene rings is 1. The fourth-order valence-electron chi connectivity index (χ4n) is 2.72. The van der Waals surface area contributed by atoms with Crippen molar-refractivity contribution < 1.29 is 9.59 Å². The topological polar surface area (TPSA) is 61.4 Å². The second-order valence-electron chi connectivity index (χ2n) is 5.84. The number of hydrogen-bond acceptors (Lipinski definition) is 2. The van der Waals surface area contributed by atoms with Crippen molar-refractivity contribution in [1.82, 2.24) is 10.2 Å². The Balaban J connectivity index is 1.47. The predicted molar refractivity (Wildman–Crippen MR) is 86.3 cm³/mol. The van der Waals surface area contributed by atoms with Crippen LogP contribution in [-0.4, -0.2) is 36.0 Å². The van der Waals surface area contributed by atoms with E-state index in [1.54, 1.807) is 18.2 Å². The maximum absolute atomic E-state index is 11.9. The normalized spacial score (nSPS) is 21.1. The van der Waals surface area contributed by atoms with Crippen LogP contribution in [0.1, 0.15) is 19.3 Å². The van der Waals surface area contributed by atoms with Crippen LogP contribution in [0.25, 0.3) is 0 Å². The summed E-state index contributed by atoms with van der Waals surface area (Å²) in [5.74, 6) is 0.387. The molecule has 1 aromatic rings. The average Bonchev–Trinajstić information content (AvgIpc) is 3.19. The highest BCUT2D eigenvalue weighted by molar-refractivity contribution is 6.35. The first-order valence-electron chi connectivity index (χ1n) is 7.31. The third-order valence-electron chi connectivity index (χ3n) is 3.90. The lowest BCUT2D eigenvalue weighted by molar-refractivity contribution is -0.128. The molecule has 0 spiro atoms. The summed E-state index contributed by atoms with van der Waals surface area (Å²) in [5, 5.41) is 6.41. The molecule has 1 aromatic carbocycles. The summed E-state index contributed by atoms with van der Waals surface area (Å²) in [6.07, 6.45) is 2.74. The van der Waals surface area contributed by atoms with Crippen molar-refractivity contribution in [2.45, 2.75) is 25.3 Å². The first-order valence-corrected chi connectivity index (χ1v) is 8.07. The molecular weight excluding hydrogens is 325 g/mol. The van der Waals surface area contributed by atoms with Crippen molar-refractivity contribution in [2.75, 3.05) is 18.4 Å². The first kappa shape index (κ1) is 15.4. The third-order valence-corrected chi connectivity index (χ3v) is 4.33. The van der Waals surface area contributed by atoms with Crippen molar-refractivity contribution in [3.63, 3.8) is 0 Å². The minimum absolute atomic E-state index is 0.182. The lowest BCUT2D eigenvalue weighted by atomic mass is 10.1. The molecule has 0 bridgehead atoms. The Morgan fingerprint density at radius 2 is 1.91 bits per heavy atom. The van der Waals surface area contributed by atoms with Crippen LogP contribution in [0.4, 0.5) is 10.5 Å². The van der Waals surface area contributed by atoms with E-state index in [4.69, 9.17) is 23.2 Å². The molecule has 1 atom stereocenters. The van der Waals surface area contributed by atoms with Crippen LogP contribution in [0.2, 0.25) is 10.0 Å². The number of carbonyl (C=O) groups excluding carboxylic acids is 2. The molecule has 1 unspecified atom stereocenters. The molecule has 0 radical (unpaired) electrons. The van der Waals surface area contributed by atoms with Gasteiger partial charge in [-0.05, 0) is 31.0 Å². The highest BCUT2D eigenvalue weighted by Crippen LogP contribution is 2.32. The molecule has 1 saturated heterocycles. The molecular formula is C15H17Cl2N3O2. The summed E-state index contributed by atoms with van der Waals surface area (Å²) >= 11 is 11.8. The molecule has 7 heteroatoms. The highest BCUT2D eigenvalue weighted by atomic mass is 35.5. The quantitative estimate of drug-likeness (QED) is 0.883. The number of rotatable bonds is 4. The molecule has 22 heavy (non-hydrogen) atoms. The van der Waals surface area contributed by atoms with Crippen LogP contribution in [0.5, 0.6) is 0 Å². The smallest absolute Gasteiger partial charge is 0.319 e. The minimum atomic E-state index is -0.323. The van der Waals surface area contributed by atoms with Gasteiger partial charge in [-0.15, -0.1) is 0 Å². The maximum Gasteiger partial charge on any atom is 0.319 e. The Morgan fingerprint density at radius 3 is 2.55 bits per heavy atom. The Labute approximate surface area is 138 Å². The number of amides is 3. The number of likely N-dealkylation sites (tertiary alicyclic amines) is 1. The standard InChI is InChI=1S/C15H17Cl2N3O2/c16-10-4-11(17)6-12(5-10)19-15(22)18-7-9-3-14(21)20(8-9)13-1-2-13/h4-6,9,13H,1-3,7-8H2,(H2,18,19,22). The number of anilines is 1. The lowest BCUT2D eigenvalue weighted by Crippen LogP contribution is -2.34. The van der Waals surface area contributed by atoms with Gasteiger partial charge in [-0.25, -0.2) is 4.79 Å². The number of carbonyl (C=O) groups is 2. The van der Waals surface area contributed by atoms with E-state index in [1.165, 1.54) is 0 Å². The van der Waals surface area contributed by atoms with E-state index in [1.807, 2.05) is 4.90 Å². The van der Waals surface area contributed by atoms with E-state index in [2.05, 4.69) is 10.6 Å². The van der Waals surface area contributed by atoms with Gasteiger partial charge in [-0.3, -0.25) is 4.79 Å². The van der Waals surface area contributed by atoms with E-state index in [0.29, 0.717) is 34.7 Å². The molecule has 5 nitrogen and oxygen atoms in total. The average molecular weight is 342 g/mol. The molecule has 1 heterocycles. The second-order valence-corrected chi connectivity index (χ2v) is 6.71. The van der Waals surface area contributed by atoms with Crippen LogP contribution in [0.15, 0.2) is 18.2 Å². The van der Waals surface area contributed by atoms with Gasteiger partial charge in [0.05, 0.1) is 0 Å². The van der Waals surface area contributed by atoms with Crippen molar-refractivity contribution in [1.29, 1.82) is 0 Å². The fourth-order valence-corrected chi connectivity index (χ4v) is 3.25. The van der Waals surface area contributed by atoms with Crippen molar-refractivity contribution >= 4 is 40.8 Å². The summed E-state index contributed by atoms with van der Waals surface area (Å²) in [6.45, 7) is 1.22. The van der Waals surface area contributed by atoms with Gasteiger partial charge in [0.2, 0.25) is 5.91 Å². The Bertz CT molecular complexity index is 584. The minimum Gasteiger partial charge on any atom is -0.339 e. The summed E-state index contributed by atoms with van der Waals surface area (Å²) in [4.78, 5) is 25.7. The molecule has 2 N–H and O–H groups in total. The molecule has 3 amide bonds. The molecule has 2 fully saturated rings. The zero-order valence-electron chi connectivity index (χ0n) is 11.9. The molecule has 0 aromatic heterocycles. The van der Waals surface area contributed by atoms with Gasteiger partial charge in [0.15, 0.2) is 0 Å². The van der Waals surface area contributed by atoms with Gasteiger partial charge in [0.1, 0.15) is 0 Å². The lowest BCUT2D eigenvalue weighted by Gasteiger charge is -2.16. The number of hydrogen-bond donors (Lipinski definition) is 2. The van der Waals surface area contributed by atoms with Crippen LogP contribution in [0.3, 0.4) is 0 Å². The Hall–Kier alpha value is -1.46. The van der Waals surface area contributed by atoms with Gasteiger partial charge >= 0.3 is 6.03 Å². The number of nitrogens with zero attached hydrogens (tertiary/aromatic N) is 1. The number of nitrogens with one attached hydrogen (secondary N) is 2. The summed E-state index contributed by atoms with van der Waals surface area (Å²) in [5.41, 5.74) is 0.539. The van der Waals surface area contributed by atoms with Crippen LogP contribution < -0.4 is 10.6 Å². The molecule has 3 rings (SSSR count). The van der Waals surface area contributed by atoms with E-state index < -0.39 is 0 Å². The summed E-state index contributed by atoms with van der Waals surface area (Å²) in [6, 6.07) is 4.97. The zero-order chi connectivity index (χ0) is 15.7. The third kappa shape index (κ3) is 3.84. The first-order chi connectivity index (χ1) is 10.5. The number of halogens is 2. The van der Waals surface area contributed by atoms with Gasteiger partial charge < -0.3 is 15.5 Å². The largest absolute Gasteiger partial charge is 0.339 e. The zero-order valence-corrected chi connectivity index (χ0v) is 13.5. The Morgan fingerprint density at radius 1 is 1.23 bits per heavy atom. The summed E-state index contributed by atoms with van der Waals surface area (Å²) in [7, 11) is 0. The maximum atomic E-state index is 11.9. The number of urea groups is 1. The van der Waals surface area contributed by atoms with Crippen LogP contribution in [0, 0.1) is 5.92 Å². The van der Waals surface area contributed by atoms with Crippen LogP contribution >= 0.6 is 23.2 Å². The van der Waals surface area contributed by atoms with Crippen LogP contribution in [-0.2, 0) is 4.79 Å². The SMILES string of the molecule is O=C(NCC1CC(=O)N(C2CC2)C1)Nc1cc(Cl)cc(Cl)c1. The van der Waals surface area contributed by atoms with Gasteiger partial charge in [0.25, 0.3) is 0 Å². The van der Waals surface area contributed by atoms with Gasteiger partial charge in [0, 0.05) is 47.2 Å². The Kier molecular flexibility index (Phi) is 4.45. The van der Waals surface area contributed by atoms with E-state index in [-0.39, 0.29) is 17.9 Å². The molecule has 1 aliphatic heterocycles. The highest BCUT2D eigenvalue weighted by Gasteiger charge is 2.39. The second kappa shape index (κ2) is 6.34. The van der Waals surface area contributed by atoms with Crippen molar-refractivity contribution in [2.24, 2.45) is 5.92 Å². The monoisotopic (exact) mass is 341 g/mol. The molecule has 2 aliphatic rings. The van der Waals surface area contributed by atoms with E-state index >= 15 is 0 Å². The van der Waals surface area contributed by atoms with Gasteiger partial charge in [-0.1, -0.05) is 23.2 Å². The predicted octanol–water partition coefficient (Wildman–Crippen LogP) is 3.13. The molecule has 1 aliphatic carbocycles. The fraction of sp³-hybridized carbons (Fsp3) is 0.467. The molecule has 118 valence electrons. The summed E-state index contributed by atoms with van der Waals surface area (Å²) < 4.78 is 0.